The highest BCUT2D eigenvalue weighted by atomic mass is 35.5. The maximum atomic E-state index is 8.57. The van der Waals surface area contributed by atoms with Crippen molar-refractivity contribution in [2.75, 3.05) is 38.2 Å². The van der Waals surface area contributed by atoms with Crippen LogP contribution in [0.2, 0.25) is 0 Å². The molecule has 1 N–H and O–H groups in total. The lowest BCUT2D eigenvalue weighted by molar-refractivity contribution is 0.165. The van der Waals surface area contributed by atoms with Crippen molar-refractivity contribution < 1.29 is 18.7 Å². The number of unbranched alkanes of at least 4 members (excludes halogenated alkanes) is 1. The highest BCUT2D eigenvalue weighted by molar-refractivity contribution is 7.41. The summed E-state index contributed by atoms with van der Waals surface area (Å²) >= 11 is 11.0. The van der Waals surface area contributed by atoms with Gasteiger partial charge in [-0.05, 0) is 12.8 Å². The van der Waals surface area contributed by atoms with Crippen molar-refractivity contribution in [2.24, 2.45) is 0 Å². The molecular formula is C8H17Cl2O4P. The molecule has 15 heavy (non-hydrogen) atoms. The van der Waals surface area contributed by atoms with Crippen LogP contribution >= 0.6 is 31.8 Å². The van der Waals surface area contributed by atoms with E-state index in [0.717, 1.165) is 6.42 Å². The van der Waals surface area contributed by atoms with Crippen LogP contribution in [0.3, 0.4) is 0 Å². The molecule has 0 saturated carbocycles. The zero-order chi connectivity index (χ0) is 11.4. The summed E-state index contributed by atoms with van der Waals surface area (Å²) in [6, 6.07) is 0. The van der Waals surface area contributed by atoms with Gasteiger partial charge in [0.05, 0.1) is 19.8 Å². The molecule has 0 atom stereocenters. The van der Waals surface area contributed by atoms with Crippen molar-refractivity contribution in [1.29, 1.82) is 0 Å². The number of halogens is 2. The minimum Gasteiger partial charge on any atom is -0.396 e. The molecular weight excluding hydrogens is 262 g/mol. The minimum absolute atomic E-state index is 0.173. The Morgan fingerprint density at radius 1 is 0.867 bits per heavy atom. The summed E-state index contributed by atoms with van der Waals surface area (Å²) in [6.45, 7) is 1.48. The van der Waals surface area contributed by atoms with E-state index in [0.29, 0.717) is 38.0 Å². The molecule has 0 aliphatic carbocycles. The highest BCUT2D eigenvalue weighted by Crippen LogP contribution is 2.39. The molecule has 0 saturated heterocycles. The molecule has 92 valence electrons. The second kappa shape index (κ2) is 12.9. The summed E-state index contributed by atoms with van der Waals surface area (Å²) in [4.78, 5) is 0. The maximum absolute atomic E-state index is 8.57. The molecule has 0 aromatic rings. The van der Waals surface area contributed by atoms with Gasteiger partial charge in [0, 0.05) is 18.4 Å². The van der Waals surface area contributed by atoms with Gasteiger partial charge in [0.15, 0.2) is 0 Å². The fourth-order valence-corrected chi connectivity index (χ4v) is 2.03. The van der Waals surface area contributed by atoms with Crippen LogP contribution in [0, 0.1) is 0 Å². The summed E-state index contributed by atoms with van der Waals surface area (Å²) in [5.74, 6) is 0.812. The van der Waals surface area contributed by atoms with Crippen molar-refractivity contribution in [2.45, 2.75) is 12.8 Å². The Labute approximate surface area is 102 Å². The summed E-state index contributed by atoms with van der Waals surface area (Å²) in [7, 11) is -1.34. The van der Waals surface area contributed by atoms with Gasteiger partial charge in [-0.15, -0.1) is 23.2 Å². The highest BCUT2D eigenvalue weighted by Gasteiger charge is 2.11. The van der Waals surface area contributed by atoms with Crippen LogP contribution in [-0.4, -0.2) is 43.3 Å². The van der Waals surface area contributed by atoms with E-state index in [1.807, 2.05) is 0 Å². The Morgan fingerprint density at radius 3 is 1.87 bits per heavy atom. The second-order valence-corrected chi connectivity index (χ2v) is 4.51. The normalized spacial score (nSPS) is 11.2. The van der Waals surface area contributed by atoms with E-state index in [9.17, 15) is 0 Å². The summed E-state index contributed by atoms with van der Waals surface area (Å²) in [6.07, 6.45) is 1.50. The molecule has 0 radical (unpaired) electrons. The molecule has 7 heteroatoms. The molecule has 0 amide bonds. The Bertz CT molecular complexity index is 123. The molecule has 0 bridgehead atoms. The van der Waals surface area contributed by atoms with E-state index in [1.54, 1.807) is 0 Å². The Balaban J connectivity index is 3.49. The summed E-state index contributed by atoms with van der Waals surface area (Å²) < 4.78 is 15.8. The number of hydrogen-bond donors (Lipinski definition) is 1. The Hall–Kier alpha value is 0.850. The number of alkyl halides is 2. The quantitative estimate of drug-likeness (QED) is 0.358. The molecule has 0 spiro atoms. The molecule has 0 heterocycles. The van der Waals surface area contributed by atoms with Gasteiger partial charge in [-0.2, -0.15) is 0 Å². The average molecular weight is 279 g/mol. The largest absolute Gasteiger partial charge is 0.396 e. The SMILES string of the molecule is OCCCCOP(OCCCl)OCCCl. The number of hydrogen-bond acceptors (Lipinski definition) is 4. The van der Waals surface area contributed by atoms with Crippen LogP contribution in [0.5, 0.6) is 0 Å². The van der Waals surface area contributed by atoms with Crippen molar-refractivity contribution in [3.8, 4) is 0 Å². The Kier molecular flexibility index (Phi) is 13.6. The molecule has 4 nitrogen and oxygen atoms in total. The summed E-state index contributed by atoms with van der Waals surface area (Å²) in [5.41, 5.74) is 0. The number of aliphatic hydroxyl groups is 1. The van der Waals surface area contributed by atoms with Gasteiger partial charge in [-0.3, -0.25) is 0 Å². The third kappa shape index (κ3) is 11.1. The fraction of sp³-hybridized carbons (Fsp3) is 1.00. The zero-order valence-electron chi connectivity index (χ0n) is 8.53. The smallest absolute Gasteiger partial charge is 0.332 e. The average Bonchev–Trinajstić information content (AvgIpc) is 2.27. The standard InChI is InChI=1S/C8H17Cl2O4P/c9-3-7-13-15(14-8-4-10)12-6-2-1-5-11/h11H,1-8H2. The van der Waals surface area contributed by atoms with Crippen LogP contribution in [0.4, 0.5) is 0 Å². The van der Waals surface area contributed by atoms with Crippen LogP contribution in [0.25, 0.3) is 0 Å². The molecule has 0 aromatic carbocycles. The van der Waals surface area contributed by atoms with Crippen LogP contribution in [0.15, 0.2) is 0 Å². The topological polar surface area (TPSA) is 47.9 Å². The van der Waals surface area contributed by atoms with Crippen LogP contribution in [0.1, 0.15) is 12.8 Å². The molecule has 0 fully saturated rings. The third-order valence-corrected chi connectivity index (χ3v) is 2.79. The molecule has 0 aromatic heterocycles. The monoisotopic (exact) mass is 278 g/mol. The molecule has 0 aliphatic rings. The lowest BCUT2D eigenvalue weighted by Gasteiger charge is -2.15. The van der Waals surface area contributed by atoms with E-state index in [4.69, 9.17) is 41.9 Å². The first-order valence-corrected chi connectivity index (χ1v) is 6.93. The number of rotatable bonds is 11. The zero-order valence-corrected chi connectivity index (χ0v) is 10.9. The van der Waals surface area contributed by atoms with E-state index in [-0.39, 0.29) is 6.61 Å². The predicted molar refractivity (Wildman–Crippen MR) is 62.5 cm³/mol. The van der Waals surface area contributed by atoms with Crippen LogP contribution in [-0.2, 0) is 13.6 Å². The first kappa shape index (κ1) is 15.9. The van der Waals surface area contributed by atoms with Crippen molar-refractivity contribution in [1.82, 2.24) is 0 Å². The van der Waals surface area contributed by atoms with Crippen molar-refractivity contribution in [3.63, 3.8) is 0 Å². The van der Waals surface area contributed by atoms with Gasteiger partial charge in [0.25, 0.3) is 0 Å². The minimum atomic E-state index is -1.34. The van der Waals surface area contributed by atoms with E-state index >= 15 is 0 Å². The van der Waals surface area contributed by atoms with Crippen molar-refractivity contribution >= 4 is 31.8 Å². The first-order chi connectivity index (χ1) is 7.35. The predicted octanol–water partition coefficient (Wildman–Crippen LogP) is 2.51. The van der Waals surface area contributed by atoms with Gasteiger partial charge in [-0.1, -0.05) is 0 Å². The van der Waals surface area contributed by atoms with Gasteiger partial charge in [0.1, 0.15) is 0 Å². The lowest BCUT2D eigenvalue weighted by atomic mass is 10.3. The number of aliphatic hydroxyl groups excluding tert-OH is 1. The van der Waals surface area contributed by atoms with Crippen molar-refractivity contribution in [3.05, 3.63) is 0 Å². The third-order valence-electron chi connectivity index (χ3n) is 1.30. The van der Waals surface area contributed by atoms with Crippen LogP contribution < -0.4 is 0 Å². The molecule has 0 rings (SSSR count). The van der Waals surface area contributed by atoms with E-state index in [2.05, 4.69) is 0 Å². The fourth-order valence-electron chi connectivity index (χ4n) is 0.683. The Morgan fingerprint density at radius 2 is 1.40 bits per heavy atom. The van der Waals surface area contributed by atoms with Gasteiger partial charge < -0.3 is 18.7 Å². The van der Waals surface area contributed by atoms with Gasteiger partial charge >= 0.3 is 8.60 Å². The maximum Gasteiger partial charge on any atom is 0.332 e. The lowest BCUT2D eigenvalue weighted by Crippen LogP contribution is -2.01. The van der Waals surface area contributed by atoms with Gasteiger partial charge in [0.2, 0.25) is 0 Å². The van der Waals surface area contributed by atoms with Gasteiger partial charge in [-0.25, -0.2) is 0 Å². The van der Waals surface area contributed by atoms with E-state index < -0.39 is 8.60 Å². The van der Waals surface area contributed by atoms with E-state index in [1.165, 1.54) is 0 Å². The molecule has 0 aliphatic heterocycles. The summed E-state index contributed by atoms with van der Waals surface area (Å²) in [5, 5.41) is 8.57. The second-order valence-electron chi connectivity index (χ2n) is 2.53. The first-order valence-electron chi connectivity index (χ1n) is 4.76. The molecule has 0 unspecified atom stereocenters.